The molecule has 0 aliphatic carbocycles. The molecule has 0 atom stereocenters. The van der Waals surface area contributed by atoms with Gasteiger partial charge >= 0.3 is 12.1 Å². The maximum Gasteiger partial charge on any atom is 0.434 e. The summed E-state index contributed by atoms with van der Waals surface area (Å²) in [7, 11) is 0. The van der Waals surface area contributed by atoms with Crippen LogP contribution in [0.2, 0.25) is 0 Å². The van der Waals surface area contributed by atoms with Crippen LogP contribution in [0.4, 0.5) is 13.2 Å². The van der Waals surface area contributed by atoms with Crippen LogP contribution in [-0.2, 0) is 6.18 Å². The zero-order valence-corrected chi connectivity index (χ0v) is 11.1. The molecular weight excluding hydrogens is 289 g/mol. The molecule has 0 saturated carbocycles. The predicted molar refractivity (Wildman–Crippen MR) is 67.3 cm³/mol. The molecule has 112 valence electrons. The van der Waals surface area contributed by atoms with E-state index in [1.807, 2.05) is 0 Å². The van der Waals surface area contributed by atoms with Gasteiger partial charge in [-0.1, -0.05) is 0 Å². The number of aromatic nitrogens is 2. The van der Waals surface area contributed by atoms with E-state index in [1.165, 1.54) is 12.1 Å². The third-order valence-electron chi connectivity index (χ3n) is 2.51. The average molecular weight is 300 g/mol. The first-order chi connectivity index (χ1) is 9.68. The van der Waals surface area contributed by atoms with Gasteiger partial charge < -0.3 is 9.84 Å². The minimum absolute atomic E-state index is 0.126. The normalized spacial score (nSPS) is 11.9. The smallest absolute Gasteiger partial charge is 0.434 e. The third-order valence-corrected chi connectivity index (χ3v) is 2.51. The van der Waals surface area contributed by atoms with Gasteiger partial charge in [0.2, 0.25) is 5.88 Å². The van der Waals surface area contributed by atoms with E-state index in [-0.39, 0.29) is 23.0 Å². The number of nitrogens with zero attached hydrogens (tertiary/aromatic N) is 2. The molecular formula is C13H11F3N2O3. The first kappa shape index (κ1) is 15.0. The second-order valence-corrected chi connectivity index (χ2v) is 4.55. The van der Waals surface area contributed by atoms with Crippen molar-refractivity contribution in [3.63, 3.8) is 0 Å². The van der Waals surface area contributed by atoms with Gasteiger partial charge in [0.1, 0.15) is 0 Å². The lowest BCUT2D eigenvalue weighted by atomic mass is 10.1. The molecule has 21 heavy (non-hydrogen) atoms. The zero-order valence-electron chi connectivity index (χ0n) is 11.1. The Hall–Kier alpha value is -2.38. The Morgan fingerprint density at radius 3 is 2.48 bits per heavy atom. The number of pyridine rings is 2. The molecule has 0 saturated heterocycles. The molecule has 5 nitrogen and oxygen atoms in total. The minimum atomic E-state index is -4.88. The molecule has 0 aromatic carbocycles. The Morgan fingerprint density at radius 2 is 1.95 bits per heavy atom. The molecule has 1 N–H and O–H groups in total. The van der Waals surface area contributed by atoms with E-state index in [9.17, 15) is 18.0 Å². The highest BCUT2D eigenvalue weighted by atomic mass is 19.4. The number of rotatable bonds is 3. The van der Waals surface area contributed by atoms with Crippen molar-refractivity contribution in [3.8, 4) is 5.88 Å². The van der Waals surface area contributed by atoms with Gasteiger partial charge in [0.15, 0.2) is 11.3 Å². The van der Waals surface area contributed by atoms with Crippen LogP contribution in [0.3, 0.4) is 0 Å². The number of carboxylic acids is 1. The van der Waals surface area contributed by atoms with Crippen LogP contribution in [0.5, 0.6) is 5.88 Å². The molecule has 2 rings (SSSR count). The quantitative estimate of drug-likeness (QED) is 0.942. The summed E-state index contributed by atoms with van der Waals surface area (Å²) in [5, 5.41) is 9.07. The van der Waals surface area contributed by atoms with Crippen molar-refractivity contribution in [1.29, 1.82) is 0 Å². The molecule has 0 bridgehead atoms. The molecule has 0 radical (unpaired) electrons. The Morgan fingerprint density at radius 1 is 1.29 bits per heavy atom. The molecule has 0 unspecified atom stereocenters. The molecule has 2 aromatic rings. The Balaban J connectivity index is 2.65. The predicted octanol–water partition coefficient (Wildman–Crippen LogP) is 3.13. The maximum atomic E-state index is 12.9. The first-order valence-electron chi connectivity index (χ1n) is 5.97. The van der Waals surface area contributed by atoms with Crippen LogP contribution in [0.25, 0.3) is 11.0 Å². The summed E-state index contributed by atoms with van der Waals surface area (Å²) in [6.07, 6.45) is -5.08. The van der Waals surface area contributed by atoms with Gasteiger partial charge in [-0.05, 0) is 26.0 Å². The fourth-order valence-corrected chi connectivity index (χ4v) is 1.72. The molecule has 0 amide bonds. The van der Waals surface area contributed by atoms with Gasteiger partial charge in [0.05, 0.1) is 11.7 Å². The first-order valence-corrected chi connectivity index (χ1v) is 5.97. The van der Waals surface area contributed by atoms with E-state index >= 15 is 0 Å². The van der Waals surface area contributed by atoms with Crippen LogP contribution in [0, 0.1) is 0 Å². The van der Waals surface area contributed by atoms with Crippen molar-refractivity contribution >= 4 is 17.0 Å². The number of ether oxygens (including phenoxy) is 1. The van der Waals surface area contributed by atoms with Crippen molar-refractivity contribution in [2.45, 2.75) is 26.1 Å². The van der Waals surface area contributed by atoms with Gasteiger partial charge in [-0.2, -0.15) is 18.2 Å². The van der Waals surface area contributed by atoms with Crippen LogP contribution >= 0.6 is 0 Å². The number of fused-ring (bicyclic) bond motifs is 1. The standard InChI is InChI=1S/C13H11F3N2O3/c1-6(2)21-9-4-3-7-5-8(12(19)20)10(13(14,15)16)18-11(7)17-9/h3-6H,1-2H3,(H,19,20). The third kappa shape index (κ3) is 3.21. The highest BCUT2D eigenvalue weighted by Crippen LogP contribution is 2.32. The Bertz CT molecular complexity index is 699. The lowest BCUT2D eigenvalue weighted by molar-refractivity contribution is -0.141. The number of aromatic carboxylic acids is 1. The number of halogens is 3. The minimum Gasteiger partial charge on any atom is -0.478 e. The van der Waals surface area contributed by atoms with E-state index in [2.05, 4.69) is 9.97 Å². The number of hydrogen-bond donors (Lipinski definition) is 1. The second-order valence-electron chi connectivity index (χ2n) is 4.55. The van der Waals surface area contributed by atoms with E-state index in [0.29, 0.717) is 0 Å². The topological polar surface area (TPSA) is 72.3 Å². The Labute approximate surface area is 117 Å². The van der Waals surface area contributed by atoms with Gasteiger partial charge in [-0.15, -0.1) is 0 Å². The monoisotopic (exact) mass is 300 g/mol. The maximum absolute atomic E-state index is 12.9. The number of alkyl halides is 3. The number of carboxylic acid groups (broad SMARTS) is 1. The van der Waals surface area contributed by atoms with Gasteiger partial charge in [0.25, 0.3) is 0 Å². The largest absolute Gasteiger partial charge is 0.478 e. The highest BCUT2D eigenvalue weighted by molar-refractivity contribution is 5.93. The van der Waals surface area contributed by atoms with Crippen molar-refractivity contribution in [2.75, 3.05) is 0 Å². The van der Waals surface area contributed by atoms with Gasteiger partial charge in [-0.3, -0.25) is 0 Å². The summed E-state index contributed by atoms with van der Waals surface area (Å²) in [4.78, 5) is 18.1. The SMILES string of the molecule is CC(C)Oc1ccc2cc(C(=O)O)c(C(F)(F)F)nc2n1. The van der Waals surface area contributed by atoms with Crippen molar-refractivity contribution in [1.82, 2.24) is 9.97 Å². The molecule has 8 heteroatoms. The fourth-order valence-electron chi connectivity index (χ4n) is 1.72. The van der Waals surface area contributed by atoms with Crippen LogP contribution in [0.15, 0.2) is 18.2 Å². The van der Waals surface area contributed by atoms with E-state index < -0.39 is 23.4 Å². The summed E-state index contributed by atoms with van der Waals surface area (Å²) < 4.78 is 43.9. The van der Waals surface area contributed by atoms with E-state index in [4.69, 9.17) is 9.84 Å². The molecule has 0 fully saturated rings. The summed E-state index contributed by atoms with van der Waals surface area (Å²) in [5.74, 6) is -1.57. The average Bonchev–Trinajstić information content (AvgIpc) is 2.35. The van der Waals surface area contributed by atoms with Gasteiger partial charge in [0, 0.05) is 11.5 Å². The molecule has 0 aliphatic heterocycles. The van der Waals surface area contributed by atoms with Crippen LogP contribution < -0.4 is 4.74 Å². The van der Waals surface area contributed by atoms with Crippen LogP contribution in [-0.4, -0.2) is 27.1 Å². The van der Waals surface area contributed by atoms with Crippen molar-refractivity contribution in [2.24, 2.45) is 0 Å². The highest BCUT2D eigenvalue weighted by Gasteiger charge is 2.38. The summed E-state index contributed by atoms with van der Waals surface area (Å²) in [5.41, 5.74) is -2.60. The van der Waals surface area contributed by atoms with E-state index in [0.717, 1.165) is 6.07 Å². The van der Waals surface area contributed by atoms with Gasteiger partial charge in [-0.25, -0.2) is 9.78 Å². The lowest BCUT2D eigenvalue weighted by Crippen LogP contribution is -2.16. The molecule has 0 spiro atoms. The summed E-state index contributed by atoms with van der Waals surface area (Å²) >= 11 is 0. The second kappa shape index (κ2) is 5.19. The van der Waals surface area contributed by atoms with Crippen molar-refractivity contribution in [3.05, 3.63) is 29.5 Å². The number of hydrogen-bond acceptors (Lipinski definition) is 4. The molecule has 2 heterocycles. The lowest BCUT2D eigenvalue weighted by Gasteiger charge is -2.12. The summed E-state index contributed by atoms with van der Waals surface area (Å²) in [6, 6.07) is 3.77. The fraction of sp³-hybridized carbons (Fsp3) is 0.308. The van der Waals surface area contributed by atoms with Crippen LogP contribution in [0.1, 0.15) is 29.9 Å². The zero-order chi connectivity index (χ0) is 15.8. The molecule has 2 aromatic heterocycles. The summed E-state index contributed by atoms with van der Waals surface area (Å²) in [6.45, 7) is 3.49. The number of carbonyl (C=O) groups is 1. The van der Waals surface area contributed by atoms with E-state index in [1.54, 1.807) is 13.8 Å². The Kier molecular flexibility index (Phi) is 3.71. The van der Waals surface area contributed by atoms with Crippen molar-refractivity contribution < 1.29 is 27.8 Å². The molecule has 0 aliphatic rings.